The molecule has 0 spiro atoms. The summed E-state index contributed by atoms with van der Waals surface area (Å²) in [5.74, 6) is -0.552. The largest absolute Gasteiger partial charge is 0.288 e. The third-order valence-corrected chi connectivity index (χ3v) is 2.75. The normalized spacial score (nSPS) is 10.7. The van der Waals surface area contributed by atoms with Crippen molar-refractivity contribution in [1.82, 2.24) is 4.98 Å². The molecule has 1 aromatic heterocycles. The molecule has 18 heavy (non-hydrogen) atoms. The lowest BCUT2D eigenvalue weighted by molar-refractivity contribution is 0.102. The number of aromatic nitrogens is 1. The van der Waals surface area contributed by atoms with Crippen LogP contribution in [0, 0.1) is 0 Å². The summed E-state index contributed by atoms with van der Waals surface area (Å²) in [6.07, 6.45) is 0.0671. The molecule has 0 amide bonds. The van der Waals surface area contributed by atoms with Crippen molar-refractivity contribution in [2.75, 3.05) is 0 Å². The molecular weight excluding hydrogens is 260 g/mol. The lowest BCUT2D eigenvalue weighted by Crippen LogP contribution is -2.07. The summed E-state index contributed by atoms with van der Waals surface area (Å²) in [7, 11) is 0. The van der Waals surface area contributed by atoms with Gasteiger partial charge in [-0.15, -0.1) is 0 Å². The molecule has 0 fully saturated rings. The highest BCUT2D eigenvalue weighted by molar-refractivity contribution is 6.35. The minimum atomic E-state index is -2.75. The quantitative estimate of drug-likeness (QED) is 0.790. The fourth-order valence-electron chi connectivity index (χ4n) is 1.60. The van der Waals surface area contributed by atoms with E-state index in [0.717, 1.165) is 0 Å². The summed E-state index contributed by atoms with van der Waals surface area (Å²) in [5, 5.41) is 0.0154. The molecule has 0 radical (unpaired) electrons. The number of ketones is 1. The molecule has 2 nitrogen and oxygen atoms in total. The van der Waals surface area contributed by atoms with E-state index in [4.69, 9.17) is 11.6 Å². The van der Waals surface area contributed by atoms with Crippen molar-refractivity contribution in [1.29, 1.82) is 0 Å². The van der Waals surface area contributed by atoms with Crippen LogP contribution in [0.5, 0.6) is 0 Å². The van der Waals surface area contributed by atoms with Crippen molar-refractivity contribution in [2.24, 2.45) is 0 Å². The van der Waals surface area contributed by atoms with Crippen LogP contribution in [-0.4, -0.2) is 10.8 Å². The molecule has 5 heteroatoms. The van der Waals surface area contributed by atoms with Crippen LogP contribution in [0.2, 0.25) is 5.02 Å². The van der Waals surface area contributed by atoms with Crippen LogP contribution in [0.1, 0.15) is 27.9 Å². The minimum Gasteiger partial charge on any atom is -0.288 e. The number of hydrogen-bond acceptors (Lipinski definition) is 2. The third-order valence-electron chi connectivity index (χ3n) is 2.43. The van der Waals surface area contributed by atoms with Crippen molar-refractivity contribution in [3.05, 3.63) is 64.4 Å². The highest BCUT2D eigenvalue weighted by Crippen LogP contribution is 2.30. The Morgan fingerprint density at radius 2 is 2.00 bits per heavy atom. The van der Waals surface area contributed by atoms with Gasteiger partial charge in [-0.05, 0) is 18.2 Å². The topological polar surface area (TPSA) is 30.0 Å². The number of carbonyl (C=O) groups excluding carboxylic acids is 1. The minimum absolute atomic E-state index is 0.0154. The molecule has 2 aromatic rings. The Balaban J connectivity index is 2.54. The molecule has 0 bridgehead atoms. The Hall–Kier alpha value is -1.81. The Kier molecular flexibility index (Phi) is 3.67. The number of halogens is 3. The van der Waals surface area contributed by atoms with Crippen molar-refractivity contribution in [2.45, 2.75) is 6.43 Å². The van der Waals surface area contributed by atoms with Crippen LogP contribution in [0.15, 0.2) is 42.7 Å². The molecule has 2 rings (SSSR count). The lowest BCUT2D eigenvalue weighted by atomic mass is 9.99. The predicted molar refractivity (Wildman–Crippen MR) is 64.1 cm³/mol. The van der Waals surface area contributed by atoms with Crippen LogP contribution in [0.3, 0.4) is 0 Å². The van der Waals surface area contributed by atoms with E-state index >= 15 is 0 Å². The number of alkyl halides is 2. The first kappa shape index (κ1) is 12.6. The summed E-state index contributed by atoms with van der Waals surface area (Å²) < 4.78 is 25.7. The van der Waals surface area contributed by atoms with Crippen molar-refractivity contribution in [3.63, 3.8) is 0 Å². The molecule has 0 atom stereocenters. The van der Waals surface area contributed by atoms with E-state index in [1.54, 1.807) is 6.07 Å². The molecule has 0 aliphatic heterocycles. The Bertz CT molecular complexity index is 572. The number of rotatable bonds is 3. The second kappa shape index (κ2) is 5.23. The molecule has 0 saturated heterocycles. The monoisotopic (exact) mass is 267 g/mol. The van der Waals surface area contributed by atoms with Crippen molar-refractivity contribution < 1.29 is 13.6 Å². The zero-order valence-electron chi connectivity index (χ0n) is 9.11. The fourth-order valence-corrected chi connectivity index (χ4v) is 1.87. The Morgan fingerprint density at radius 3 is 2.61 bits per heavy atom. The maximum atomic E-state index is 12.9. The van der Waals surface area contributed by atoms with E-state index in [0.29, 0.717) is 0 Å². The second-order valence-corrected chi connectivity index (χ2v) is 3.98. The van der Waals surface area contributed by atoms with E-state index in [2.05, 4.69) is 4.98 Å². The van der Waals surface area contributed by atoms with Crippen LogP contribution >= 0.6 is 11.6 Å². The van der Waals surface area contributed by atoms with Gasteiger partial charge in [0.2, 0.25) is 0 Å². The van der Waals surface area contributed by atoms with E-state index in [-0.39, 0.29) is 21.7 Å². The predicted octanol–water partition coefficient (Wildman–Crippen LogP) is 3.90. The SMILES string of the molecule is O=C(c1cccnc1)c1c(Cl)cccc1C(F)F. The summed E-state index contributed by atoms with van der Waals surface area (Å²) >= 11 is 5.84. The summed E-state index contributed by atoms with van der Waals surface area (Å²) in [6.45, 7) is 0. The maximum Gasteiger partial charge on any atom is 0.264 e. The van der Waals surface area contributed by atoms with Crippen LogP contribution < -0.4 is 0 Å². The Labute approximate surface area is 107 Å². The first-order chi connectivity index (χ1) is 8.61. The number of hydrogen-bond donors (Lipinski definition) is 0. The van der Waals surface area contributed by atoms with Gasteiger partial charge in [-0.3, -0.25) is 9.78 Å². The van der Waals surface area contributed by atoms with Crippen LogP contribution in [-0.2, 0) is 0 Å². The first-order valence-corrected chi connectivity index (χ1v) is 5.50. The fraction of sp³-hybridized carbons (Fsp3) is 0.0769. The van der Waals surface area contributed by atoms with Crippen molar-refractivity contribution in [3.8, 4) is 0 Å². The average molecular weight is 268 g/mol. The lowest BCUT2D eigenvalue weighted by Gasteiger charge is -2.09. The van der Waals surface area contributed by atoms with E-state index in [1.807, 2.05) is 0 Å². The molecule has 92 valence electrons. The first-order valence-electron chi connectivity index (χ1n) is 5.12. The molecule has 0 saturated carbocycles. The smallest absolute Gasteiger partial charge is 0.264 e. The molecule has 0 aliphatic rings. The third kappa shape index (κ3) is 2.38. The van der Waals surface area contributed by atoms with E-state index in [1.165, 1.54) is 36.7 Å². The number of nitrogens with zero attached hydrogens (tertiary/aromatic N) is 1. The molecular formula is C13H8ClF2NO. The Morgan fingerprint density at radius 1 is 1.22 bits per heavy atom. The highest BCUT2D eigenvalue weighted by atomic mass is 35.5. The number of benzene rings is 1. The summed E-state index contributed by atoms with van der Waals surface area (Å²) in [5.41, 5.74) is -0.300. The van der Waals surface area contributed by atoms with Gasteiger partial charge in [0.05, 0.1) is 10.6 Å². The van der Waals surface area contributed by atoms with Gasteiger partial charge < -0.3 is 0 Å². The molecule has 0 N–H and O–H groups in total. The highest BCUT2D eigenvalue weighted by Gasteiger charge is 2.22. The van der Waals surface area contributed by atoms with E-state index in [9.17, 15) is 13.6 Å². The van der Waals surface area contributed by atoms with Gasteiger partial charge in [0.15, 0.2) is 5.78 Å². The van der Waals surface area contributed by atoms with Crippen molar-refractivity contribution >= 4 is 17.4 Å². The van der Waals surface area contributed by atoms with Gasteiger partial charge in [-0.2, -0.15) is 0 Å². The summed E-state index contributed by atoms with van der Waals surface area (Å²) in [4.78, 5) is 15.9. The standard InChI is InChI=1S/C13H8ClF2NO/c14-10-5-1-4-9(13(15)16)11(10)12(18)8-3-2-6-17-7-8/h1-7,13H. The van der Waals surface area contributed by atoms with E-state index < -0.39 is 12.2 Å². The zero-order chi connectivity index (χ0) is 13.1. The van der Waals surface area contributed by atoms with Gasteiger partial charge in [-0.1, -0.05) is 23.7 Å². The number of pyridine rings is 1. The molecule has 0 unspecified atom stereocenters. The zero-order valence-corrected chi connectivity index (χ0v) is 9.86. The van der Waals surface area contributed by atoms with Gasteiger partial charge in [0, 0.05) is 23.5 Å². The van der Waals surface area contributed by atoms with Gasteiger partial charge >= 0.3 is 0 Å². The number of carbonyl (C=O) groups is 1. The van der Waals surface area contributed by atoms with Gasteiger partial charge in [0.25, 0.3) is 6.43 Å². The van der Waals surface area contributed by atoms with Crippen LogP contribution in [0.25, 0.3) is 0 Å². The molecule has 1 aromatic carbocycles. The summed E-state index contributed by atoms with van der Waals surface area (Å²) in [6, 6.07) is 7.07. The molecule has 1 heterocycles. The maximum absolute atomic E-state index is 12.9. The van der Waals surface area contributed by atoms with Gasteiger partial charge in [0.1, 0.15) is 0 Å². The van der Waals surface area contributed by atoms with Gasteiger partial charge in [-0.25, -0.2) is 8.78 Å². The molecule has 0 aliphatic carbocycles. The second-order valence-electron chi connectivity index (χ2n) is 3.58. The average Bonchev–Trinajstić information content (AvgIpc) is 2.38. The van der Waals surface area contributed by atoms with Crippen LogP contribution in [0.4, 0.5) is 8.78 Å².